The summed E-state index contributed by atoms with van der Waals surface area (Å²) < 4.78 is 0. The zero-order valence-electron chi connectivity index (χ0n) is 12.2. The second kappa shape index (κ2) is 6.52. The van der Waals surface area contributed by atoms with Crippen LogP contribution >= 0.6 is 23.1 Å². The van der Waals surface area contributed by atoms with E-state index in [-0.39, 0.29) is 0 Å². The van der Waals surface area contributed by atoms with Crippen molar-refractivity contribution in [3.63, 3.8) is 0 Å². The molecule has 0 amide bonds. The number of nitrogens with zero attached hydrogens (tertiary/aromatic N) is 1. The molecule has 4 heteroatoms. The van der Waals surface area contributed by atoms with Crippen molar-refractivity contribution in [2.75, 3.05) is 12.3 Å². The number of amidine groups is 1. The topological polar surface area (TPSA) is 24.4 Å². The van der Waals surface area contributed by atoms with Crippen LogP contribution in [0.25, 0.3) is 0 Å². The van der Waals surface area contributed by atoms with E-state index in [4.69, 9.17) is 4.99 Å². The Balaban J connectivity index is 1.63. The summed E-state index contributed by atoms with van der Waals surface area (Å²) >= 11 is 3.81. The van der Waals surface area contributed by atoms with Crippen molar-refractivity contribution in [2.45, 2.75) is 51.5 Å². The molecule has 1 atom stereocenters. The van der Waals surface area contributed by atoms with Gasteiger partial charge in [-0.3, -0.25) is 4.99 Å². The van der Waals surface area contributed by atoms with Crippen LogP contribution in [0.1, 0.15) is 56.4 Å². The molecule has 1 aliphatic heterocycles. The maximum atomic E-state index is 4.87. The summed E-state index contributed by atoms with van der Waals surface area (Å²) in [6.45, 7) is 3.30. The van der Waals surface area contributed by atoms with E-state index in [2.05, 4.69) is 29.8 Å². The molecule has 1 aliphatic carbocycles. The number of nitrogens with one attached hydrogen (secondary N) is 1. The fourth-order valence-electron chi connectivity index (χ4n) is 3.28. The number of thiophene rings is 1. The van der Waals surface area contributed by atoms with E-state index in [0.717, 1.165) is 6.54 Å². The highest BCUT2D eigenvalue weighted by molar-refractivity contribution is 8.13. The highest BCUT2D eigenvalue weighted by atomic mass is 32.2. The molecule has 1 saturated carbocycles. The second-order valence-corrected chi connectivity index (χ2v) is 8.06. The summed E-state index contributed by atoms with van der Waals surface area (Å²) in [5, 5.41) is 7.03. The van der Waals surface area contributed by atoms with E-state index in [0.29, 0.717) is 11.5 Å². The van der Waals surface area contributed by atoms with Gasteiger partial charge in [0, 0.05) is 17.2 Å². The average Bonchev–Trinajstić information content (AvgIpc) is 3.13. The van der Waals surface area contributed by atoms with Gasteiger partial charge in [0.05, 0.1) is 6.04 Å². The maximum absolute atomic E-state index is 4.87. The molecule has 1 aromatic heterocycles. The van der Waals surface area contributed by atoms with E-state index in [1.165, 1.54) is 54.3 Å². The third-order valence-corrected chi connectivity index (χ3v) is 6.76. The van der Waals surface area contributed by atoms with Crippen LogP contribution in [0.2, 0.25) is 0 Å². The summed E-state index contributed by atoms with van der Waals surface area (Å²) in [4.78, 5) is 6.31. The Labute approximate surface area is 130 Å². The van der Waals surface area contributed by atoms with Gasteiger partial charge < -0.3 is 5.32 Å². The zero-order chi connectivity index (χ0) is 13.8. The molecule has 0 saturated heterocycles. The zero-order valence-corrected chi connectivity index (χ0v) is 13.9. The largest absolute Gasteiger partial charge is 0.357 e. The van der Waals surface area contributed by atoms with Crippen molar-refractivity contribution < 1.29 is 0 Å². The molecule has 0 bridgehead atoms. The fourth-order valence-corrected chi connectivity index (χ4v) is 5.30. The quantitative estimate of drug-likeness (QED) is 0.860. The predicted octanol–water partition coefficient (Wildman–Crippen LogP) is 4.84. The van der Waals surface area contributed by atoms with Crippen LogP contribution in [0.15, 0.2) is 22.5 Å². The van der Waals surface area contributed by atoms with Gasteiger partial charge in [-0.2, -0.15) is 0 Å². The standard InChI is InChI=1S/C16H24N2S2/c1-2-6-13(14-7-5-10-19-14)18-15-17-11-16(12-20-15)8-3-4-9-16/h5,7,10,13H,2-4,6,8-9,11-12H2,1H3,(H,17,18). The van der Waals surface area contributed by atoms with Crippen LogP contribution < -0.4 is 5.32 Å². The molecule has 2 nitrogen and oxygen atoms in total. The van der Waals surface area contributed by atoms with E-state index in [1.54, 1.807) is 0 Å². The van der Waals surface area contributed by atoms with E-state index in [1.807, 2.05) is 23.1 Å². The van der Waals surface area contributed by atoms with Crippen LogP contribution in [-0.2, 0) is 0 Å². The Hall–Kier alpha value is -0.480. The van der Waals surface area contributed by atoms with Gasteiger partial charge in [0.15, 0.2) is 5.17 Å². The van der Waals surface area contributed by atoms with Crippen LogP contribution in [-0.4, -0.2) is 17.5 Å². The Morgan fingerprint density at radius 3 is 2.85 bits per heavy atom. The van der Waals surface area contributed by atoms with Crippen molar-refractivity contribution in [3.05, 3.63) is 22.4 Å². The highest BCUT2D eigenvalue weighted by Gasteiger charge is 2.36. The minimum absolute atomic E-state index is 0.448. The SMILES string of the molecule is CCCC(NC1=NCC2(CCCC2)CS1)c1cccs1. The molecule has 1 N–H and O–H groups in total. The smallest absolute Gasteiger partial charge is 0.157 e. The lowest BCUT2D eigenvalue weighted by Gasteiger charge is -2.32. The minimum Gasteiger partial charge on any atom is -0.357 e. The lowest BCUT2D eigenvalue weighted by molar-refractivity contribution is 0.358. The molecule has 3 rings (SSSR count). The van der Waals surface area contributed by atoms with Gasteiger partial charge in [-0.1, -0.05) is 44.0 Å². The first-order chi connectivity index (χ1) is 9.81. The van der Waals surface area contributed by atoms with Crippen molar-refractivity contribution in [3.8, 4) is 0 Å². The molecule has 1 fully saturated rings. The van der Waals surface area contributed by atoms with Crippen molar-refractivity contribution >= 4 is 28.3 Å². The number of thioether (sulfide) groups is 1. The Bertz CT molecular complexity index is 447. The van der Waals surface area contributed by atoms with Gasteiger partial charge in [-0.25, -0.2) is 0 Å². The highest BCUT2D eigenvalue weighted by Crippen LogP contribution is 2.43. The van der Waals surface area contributed by atoms with Crippen molar-refractivity contribution in [2.24, 2.45) is 10.4 Å². The van der Waals surface area contributed by atoms with Crippen LogP contribution in [0.3, 0.4) is 0 Å². The first kappa shape index (κ1) is 14.5. The van der Waals surface area contributed by atoms with Crippen molar-refractivity contribution in [1.29, 1.82) is 0 Å². The normalized spacial score (nSPS) is 22.8. The van der Waals surface area contributed by atoms with Crippen LogP contribution in [0, 0.1) is 5.41 Å². The van der Waals surface area contributed by atoms with Crippen LogP contribution in [0.5, 0.6) is 0 Å². The Kier molecular flexibility index (Phi) is 4.72. The Morgan fingerprint density at radius 1 is 1.40 bits per heavy atom. The summed E-state index contributed by atoms with van der Waals surface area (Å²) in [5.41, 5.74) is 0.541. The number of aliphatic imine (C=N–C) groups is 1. The Morgan fingerprint density at radius 2 is 2.25 bits per heavy atom. The molecule has 1 unspecified atom stereocenters. The first-order valence-electron chi connectivity index (χ1n) is 7.78. The summed E-state index contributed by atoms with van der Waals surface area (Å²) in [6, 6.07) is 4.84. The average molecular weight is 309 g/mol. The number of rotatable bonds is 4. The van der Waals surface area contributed by atoms with Crippen molar-refractivity contribution in [1.82, 2.24) is 5.32 Å². The predicted molar refractivity (Wildman–Crippen MR) is 90.8 cm³/mol. The molecular weight excluding hydrogens is 284 g/mol. The molecule has 20 heavy (non-hydrogen) atoms. The summed E-state index contributed by atoms with van der Waals surface area (Å²) in [5.74, 6) is 1.27. The molecule has 1 aromatic rings. The monoisotopic (exact) mass is 308 g/mol. The summed E-state index contributed by atoms with van der Waals surface area (Å²) in [7, 11) is 0. The molecule has 2 aliphatic rings. The molecule has 110 valence electrons. The van der Waals surface area contributed by atoms with Gasteiger partial charge in [-0.15, -0.1) is 11.3 Å². The van der Waals surface area contributed by atoms with Gasteiger partial charge in [0.2, 0.25) is 0 Å². The van der Waals surface area contributed by atoms with E-state index < -0.39 is 0 Å². The third-order valence-electron chi connectivity index (χ3n) is 4.50. The van der Waals surface area contributed by atoms with Gasteiger partial charge >= 0.3 is 0 Å². The van der Waals surface area contributed by atoms with Crippen LogP contribution in [0.4, 0.5) is 0 Å². The minimum atomic E-state index is 0.448. The first-order valence-corrected chi connectivity index (χ1v) is 9.65. The van der Waals surface area contributed by atoms with Gasteiger partial charge in [0.1, 0.15) is 0 Å². The van der Waals surface area contributed by atoms with Gasteiger partial charge in [-0.05, 0) is 36.1 Å². The third kappa shape index (κ3) is 3.22. The lowest BCUT2D eigenvalue weighted by atomic mass is 9.89. The fraction of sp³-hybridized carbons (Fsp3) is 0.688. The number of hydrogen-bond donors (Lipinski definition) is 1. The second-order valence-electron chi connectivity index (χ2n) is 6.12. The molecule has 1 spiro atoms. The molecule has 0 radical (unpaired) electrons. The van der Waals surface area contributed by atoms with E-state index >= 15 is 0 Å². The maximum Gasteiger partial charge on any atom is 0.157 e. The summed E-state index contributed by atoms with van der Waals surface area (Å²) in [6.07, 6.45) is 7.99. The molecule has 0 aromatic carbocycles. The molecule has 2 heterocycles. The lowest BCUT2D eigenvalue weighted by Crippen LogP contribution is -2.35. The number of hydrogen-bond acceptors (Lipinski definition) is 4. The van der Waals surface area contributed by atoms with E-state index in [9.17, 15) is 0 Å². The molecular formula is C16H24N2S2. The van der Waals surface area contributed by atoms with Gasteiger partial charge in [0.25, 0.3) is 0 Å².